The van der Waals surface area contributed by atoms with E-state index in [-0.39, 0.29) is 0 Å². The molecule has 0 bridgehead atoms. The Morgan fingerprint density at radius 1 is 1.24 bits per heavy atom. The number of carboxylic acids is 1. The summed E-state index contributed by atoms with van der Waals surface area (Å²) in [6, 6.07) is 13.0. The van der Waals surface area contributed by atoms with Crippen LogP contribution in [0.2, 0.25) is 0 Å². The van der Waals surface area contributed by atoms with E-state index in [0.717, 1.165) is 4.90 Å². The topological polar surface area (TPSA) is 49.3 Å². The molecule has 0 aliphatic heterocycles. The van der Waals surface area contributed by atoms with Gasteiger partial charge in [-0.15, -0.1) is 11.8 Å². The molecule has 0 amide bonds. The van der Waals surface area contributed by atoms with E-state index < -0.39 is 17.3 Å². The van der Waals surface area contributed by atoms with Crippen LogP contribution in [0.1, 0.15) is 12.5 Å². The maximum Gasteiger partial charge on any atom is 0.333 e. The highest BCUT2D eigenvalue weighted by molar-refractivity contribution is 7.98. The lowest BCUT2D eigenvalue weighted by Gasteiger charge is -2.28. The standard InChI is InChI=1S/C16H16FNO2S/c1-16(15(19)20,11-6-8-14(21-2)9-7-11)18-13-5-3-4-12(17)10-13/h3-10,18H,1-2H3,(H,19,20). The lowest BCUT2D eigenvalue weighted by Crippen LogP contribution is -2.40. The Morgan fingerprint density at radius 3 is 2.43 bits per heavy atom. The van der Waals surface area contributed by atoms with Crippen molar-refractivity contribution in [2.45, 2.75) is 17.4 Å². The van der Waals surface area contributed by atoms with Crippen LogP contribution in [0.25, 0.3) is 0 Å². The number of carboxylic acid groups (broad SMARTS) is 1. The van der Waals surface area contributed by atoms with Crippen LogP contribution < -0.4 is 5.32 Å². The molecule has 1 unspecified atom stereocenters. The summed E-state index contributed by atoms with van der Waals surface area (Å²) in [5, 5.41) is 12.5. The molecule has 0 spiro atoms. The van der Waals surface area contributed by atoms with E-state index >= 15 is 0 Å². The van der Waals surface area contributed by atoms with Crippen LogP contribution in [0.15, 0.2) is 53.4 Å². The zero-order valence-corrected chi connectivity index (χ0v) is 12.6. The molecule has 2 aromatic carbocycles. The summed E-state index contributed by atoms with van der Waals surface area (Å²) in [6.45, 7) is 1.56. The van der Waals surface area contributed by atoms with Gasteiger partial charge in [0.2, 0.25) is 0 Å². The summed E-state index contributed by atoms with van der Waals surface area (Å²) in [6.07, 6.45) is 1.95. The molecule has 1 atom stereocenters. The molecular formula is C16H16FNO2S. The molecule has 21 heavy (non-hydrogen) atoms. The number of anilines is 1. The fraction of sp³-hybridized carbons (Fsp3) is 0.188. The SMILES string of the molecule is CSc1ccc(C(C)(Nc2cccc(F)c2)C(=O)O)cc1. The number of aliphatic carboxylic acids is 1. The zero-order chi connectivity index (χ0) is 15.5. The molecular weight excluding hydrogens is 289 g/mol. The van der Waals surface area contributed by atoms with Crippen molar-refractivity contribution in [3.63, 3.8) is 0 Å². The first-order valence-electron chi connectivity index (χ1n) is 6.37. The first-order chi connectivity index (χ1) is 9.95. The molecule has 110 valence electrons. The summed E-state index contributed by atoms with van der Waals surface area (Å²) in [5.74, 6) is -1.44. The minimum absolute atomic E-state index is 0.412. The normalized spacial score (nSPS) is 13.5. The molecule has 0 aliphatic carbocycles. The number of halogens is 1. The highest BCUT2D eigenvalue weighted by Crippen LogP contribution is 2.28. The van der Waals surface area contributed by atoms with Gasteiger partial charge in [-0.25, -0.2) is 9.18 Å². The smallest absolute Gasteiger partial charge is 0.333 e. The Hall–Kier alpha value is -2.01. The Morgan fingerprint density at radius 2 is 1.90 bits per heavy atom. The van der Waals surface area contributed by atoms with E-state index in [9.17, 15) is 14.3 Å². The second-order valence-electron chi connectivity index (χ2n) is 4.79. The summed E-state index contributed by atoms with van der Waals surface area (Å²) in [5.41, 5.74) is -0.295. The van der Waals surface area contributed by atoms with Crippen molar-refractivity contribution in [2.75, 3.05) is 11.6 Å². The number of carbonyl (C=O) groups is 1. The molecule has 0 heterocycles. The third-order valence-electron chi connectivity index (χ3n) is 3.31. The number of hydrogen-bond donors (Lipinski definition) is 2. The van der Waals surface area contributed by atoms with Crippen molar-refractivity contribution >= 4 is 23.4 Å². The van der Waals surface area contributed by atoms with Crippen LogP contribution in [0.3, 0.4) is 0 Å². The number of hydrogen-bond acceptors (Lipinski definition) is 3. The van der Waals surface area contributed by atoms with Gasteiger partial charge in [-0.05, 0) is 49.1 Å². The van der Waals surface area contributed by atoms with Crippen molar-refractivity contribution in [3.05, 3.63) is 59.9 Å². The van der Waals surface area contributed by atoms with Crippen LogP contribution >= 0.6 is 11.8 Å². The number of thioether (sulfide) groups is 1. The lowest BCUT2D eigenvalue weighted by molar-refractivity contribution is -0.142. The largest absolute Gasteiger partial charge is 0.479 e. The average Bonchev–Trinajstić information content (AvgIpc) is 2.47. The van der Waals surface area contributed by atoms with Crippen molar-refractivity contribution in [1.82, 2.24) is 0 Å². The van der Waals surface area contributed by atoms with Crippen LogP contribution in [0.4, 0.5) is 10.1 Å². The minimum Gasteiger partial charge on any atom is -0.479 e. The van der Waals surface area contributed by atoms with Crippen molar-refractivity contribution in [3.8, 4) is 0 Å². The average molecular weight is 305 g/mol. The highest BCUT2D eigenvalue weighted by atomic mass is 32.2. The Balaban J connectivity index is 2.37. The number of rotatable bonds is 5. The maximum absolute atomic E-state index is 13.3. The summed E-state index contributed by atoms with van der Waals surface area (Å²) >= 11 is 1.59. The van der Waals surface area contributed by atoms with Crippen molar-refractivity contribution < 1.29 is 14.3 Å². The second kappa shape index (κ2) is 6.18. The van der Waals surface area contributed by atoms with Gasteiger partial charge in [-0.1, -0.05) is 18.2 Å². The Kier molecular flexibility index (Phi) is 4.53. The second-order valence-corrected chi connectivity index (χ2v) is 5.67. The van der Waals surface area contributed by atoms with Crippen molar-refractivity contribution in [2.24, 2.45) is 0 Å². The van der Waals surface area contributed by atoms with Gasteiger partial charge in [0.15, 0.2) is 5.54 Å². The van der Waals surface area contributed by atoms with Gasteiger partial charge in [0.1, 0.15) is 5.82 Å². The quantitative estimate of drug-likeness (QED) is 0.821. The summed E-state index contributed by atoms with van der Waals surface area (Å²) in [7, 11) is 0. The van der Waals surface area contributed by atoms with E-state index in [2.05, 4.69) is 5.32 Å². The fourth-order valence-electron chi connectivity index (χ4n) is 2.03. The van der Waals surface area contributed by atoms with E-state index in [1.54, 1.807) is 36.9 Å². The minimum atomic E-state index is -1.33. The first-order valence-corrected chi connectivity index (χ1v) is 7.60. The number of benzene rings is 2. The molecule has 0 saturated heterocycles. The summed E-state index contributed by atoms with van der Waals surface area (Å²) in [4.78, 5) is 12.8. The molecule has 3 nitrogen and oxygen atoms in total. The Bertz CT molecular complexity index is 645. The van der Waals surface area contributed by atoms with Gasteiger partial charge in [0.25, 0.3) is 0 Å². The monoisotopic (exact) mass is 305 g/mol. The first kappa shape index (κ1) is 15.4. The van der Waals surface area contributed by atoms with Crippen LogP contribution in [0, 0.1) is 5.82 Å². The van der Waals surface area contributed by atoms with Gasteiger partial charge in [-0.2, -0.15) is 0 Å². The van der Waals surface area contributed by atoms with E-state index in [4.69, 9.17) is 0 Å². The zero-order valence-electron chi connectivity index (χ0n) is 11.8. The van der Waals surface area contributed by atoms with Crippen LogP contribution in [0.5, 0.6) is 0 Å². The van der Waals surface area contributed by atoms with E-state index in [1.165, 1.54) is 18.2 Å². The summed E-state index contributed by atoms with van der Waals surface area (Å²) < 4.78 is 13.3. The molecule has 2 N–H and O–H groups in total. The van der Waals surface area contributed by atoms with Gasteiger partial charge >= 0.3 is 5.97 Å². The van der Waals surface area contributed by atoms with Crippen LogP contribution in [-0.4, -0.2) is 17.3 Å². The molecule has 0 radical (unpaired) electrons. The van der Waals surface area contributed by atoms with E-state index in [1.807, 2.05) is 18.4 Å². The van der Waals surface area contributed by atoms with Gasteiger partial charge in [0, 0.05) is 10.6 Å². The fourth-order valence-corrected chi connectivity index (χ4v) is 2.44. The van der Waals surface area contributed by atoms with Gasteiger partial charge < -0.3 is 10.4 Å². The van der Waals surface area contributed by atoms with Crippen molar-refractivity contribution in [1.29, 1.82) is 0 Å². The molecule has 5 heteroatoms. The predicted molar refractivity (Wildman–Crippen MR) is 83.2 cm³/mol. The molecule has 0 fully saturated rings. The molecule has 0 aliphatic rings. The lowest BCUT2D eigenvalue weighted by atomic mass is 9.91. The third kappa shape index (κ3) is 3.36. The highest BCUT2D eigenvalue weighted by Gasteiger charge is 2.35. The third-order valence-corrected chi connectivity index (χ3v) is 4.06. The van der Waals surface area contributed by atoms with Gasteiger partial charge in [-0.3, -0.25) is 0 Å². The Labute approximate surface area is 127 Å². The molecule has 2 rings (SSSR count). The van der Waals surface area contributed by atoms with Crippen LogP contribution in [-0.2, 0) is 10.3 Å². The molecule has 2 aromatic rings. The molecule has 0 saturated carbocycles. The maximum atomic E-state index is 13.3. The molecule has 0 aromatic heterocycles. The number of nitrogens with one attached hydrogen (secondary N) is 1. The predicted octanol–water partition coefficient (Wildman–Crippen LogP) is 3.96. The van der Waals surface area contributed by atoms with Gasteiger partial charge in [0.05, 0.1) is 0 Å². The van der Waals surface area contributed by atoms with E-state index in [0.29, 0.717) is 11.3 Å².